The van der Waals surface area contributed by atoms with E-state index in [2.05, 4.69) is 5.32 Å². The molecular weight excluding hydrogens is 280 g/mol. The average molecular weight is 297 g/mol. The molecule has 20 heavy (non-hydrogen) atoms. The second kappa shape index (κ2) is 6.72. The van der Waals surface area contributed by atoms with Gasteiger partial charge in [0.1, 0.15) is 0 Å². The minimum absolute atomic E-state index is 0.0126. The van der Waals surface area contributed by atoms with Crippen LogP contribution in [0.3, 0.4) is 0 Å². The molecule has 5 nitrogen and oxygen atoms in total. The van der Waals surface area contributed by atoms with E-state index in [1.807, 2.05) is 0 Å². The van der Waals surface area contributed by atoms with Crippen molar-refractivity contribution >= 4 is 29.1 Å². The Balaban J connectivity index is 1.94. The third kappa shape index (κ3) is 3.49. The van der Waals surface area contributed by atoms with Gasteiger partial charge in [0.05, 0.1) is 23.2 Å². The van der Waals surface area contributed by atoms with Gasteiger partial charge in [-0.1, -0.05) is 23.7 Å². The van der Waals surface area contributed by atoms with E-state index in [1.165, 1.54) is 0 Å². The number of rotatable bonds is 5. The molecule has 1 aliphatic rings. The summed E-state index contributed by atoms with van der Waals surface area (Å²) in [7, 11) is 1.59. The summed E-state index contributed by atoms with van der Waals surface area (Å²) >= 11 is 5.99. The Bertz CT molecular complexity index is 507. The topological polar surface area (TPSA) is 58.6 Å². The maximum absolute atomic E-state index is 12.2. The van der Waals surface area contributed by atoms with Crippen LogP contribution in [0.4, 0.5) is 5.69 Å². The van der Waals surface area contributed by atoms with E-state index in [0.717, 1.165) is 0 Å². The van der Waals surface area contributed by atoms with Crippen LogP contribution >= 0.6 is 11.6 Å². The number of carbonyl (C=O) groups excluding carboxylic acids is 2. The normalized spacial score (nSPS) is 18.4. The smallest absolute Gasteiger partial charge is 0.229 e. The van der Waals surface area contributed by atoms with Crippen LogP contribution in [0.15, 0.2) is 24.3 Å². The minimum Gasteiger partial charge on any atom is -0.383 e. The molecule has 1 fully saturated rings. The summed E-state index contributed by atoms with van der Waals surface area (Å²) in [6.07, 6.45) is 0.236. The van der Waals surface area contributed by atoms with Crippen LogP contribution in [0.5, 0.6) is 0 Å². The van der Waals surface area contributed by atoms with Crippen molar-refractivity contribution in [1.29, 1.82) is 0 Å². The molecule has 2 amide bonds. The zero-order valence-corrected chi connectivity index (χ0v) is 12.0. The number of halogens is 1. The first-order valence-corrected chi connectivity index (χ1v) is 6.81. The Morgan fingerprint density at radius 1 is 1.50 bits per heavy atom. The highest BCUT2D eigenvalue weighted by Gasteiger charge is 2.34. The number of benzene rings is 1. The monoisotopic (exact) mass is 296 g/mol. The molecule has 1 saturated heterocycles. The van der Waals surface area contributed by atoms with Crippen molar-refractivity contribution in [3.05, 3.63) is 29.3 Å². The van der Waals surface area contributed by atoms with E-state index in [-0.39, 0.29) is 24.2 Å². The number of hydrogen-bond acceptors (Lipinski definition) is 3. The van der Waals surface area contributed by atoms with E-state index in [0.29, 0.717) is 30.4 Å². The molecule has 1 heterocycles. The fraction of sp³-hybridized carbons (Fsp3) is 0.429. The van der Waals surface area contributed by atoms with Crippen molar-refractivity contribution in [3.63, 3.8) is 0 Å². The summed E-state index contributed by atoms with van der Waals surface area (Å²) in [6, 6.07) is 7.04. The predicted molar refractivity (Wildman–Crippen MR) is 76.6 cm³/mol. The number of methoxy groups -OCH3 is 1. The molecule has 1 aliphatic heterocycles. The molecule has 1 aromatic rings. The van der Waals surface area contributed by atoms with Gasteiger partial charge in [0.15, 0.2) is 0 Å². The molecule has 1 atom stereocenters. The molecule has 0 radical (unpaired) electrons. The van der Waals surface area contributed by atoms with Crippen LogP contribution in [-0.2, 0) is 14.3 Å². The largest absolute Gasteiger partial charge is 0.383 e. The van der Waals surface area contributed by atoms with E-state index in [4.69, 9.17) is 16.3 Å². The van der Waals surface area contributed by atoms with Gasteiger partial charge in [0.25, 0.3) is 0 Å². The van der Waals surface area contributed by atoms with E-state index in [9.17, 15) is 9.59 Å². The quantitative estimate of drug-likeness (QED) is 0.901. The standard InChI is InChI=1S/C14H17ClN2O3/c1-20-7-6-17-9-10(8-13(17)18)14(19)16-12-5-3-2-4-11(12)15/h2-5,10H,6-9H2,1H3,(H,16,19)/t10-/m1/s1. The fourth-order valence-electron chi connectivity index (χ4n) is 2.16. The molecule has 0 aliphatic carbocycles. The maximum Gasteiger partial charge on any atom is 0.229 e. The lowest BCUT2D eigenvalue weighted by Gasteiger charge is -2.16. The number of nitrogens with zero attached hydrogens (tertiary/aromatic N) is 1. The third-order valence-electron chi connectivity index (χ3n) is 3.28. The zero-order chi connectivity index (χ0) is 14.5. The number of para-hydroxylation sites is 1. The van der Waals surface area contributed by atoms with Crippen molar-refractivity contribution in [2.45, 2.75) is 6.42 Å². The van der Waals surface area contributed by atoms with Crippen molar-refractivity contribution in [3.8, 4) is 0 Å². The van der Waals surface area contributed by atoms with Crippen LogP contribution in [0, 0.1) is 5.92 Å². The highest BCUT2D eigenvalue weighted by molar-refractivity contribution is 6.33. The molecule has 1 aromatic carbocycles. The molecule has 108 valence electrons. The van der Waals surface area contributed by atoms with E-state index in [1.54, 1.807) is 36.3 Å². The number of anilines is 1. The van der Waals surface area contributed by atoms with Gasteiger partial charge in [0.2, 0.25) is 11.8 Å². The molecule has 0 unspecified atom stereocenters. The van der Waals surface area contributed by atoms with Gasteiger partial charge in [0, 0.05) is 26.6 Å². The zero-order valence-electron chi connectivity index (χ0n) is 11.3. The van der Waals surface area contributed by atoms with Crippen molar-refractivity contribution in [1.82, 2.24) is 4.90 Å². The van der Waals surface area contributed by atoms with Crippen molar-refractivity contribution < 1.29 is 14.3 Å². The number of nitrogens with one attached hydrogen (secondary N) is 1. The highest BCUT2D eigenvalue weighted by atomic mass is 35.5. The average Bonchev–Trinajstić information content (AvgIpc) is 2.80. The van der Waals surface area contributed by atoms with Gasteiger partial charge in [-0.25, -0.2) is 0 Å². The lowest BCUT2D eigenvalue weighted by atomic mass is 10.1. The Morgan fingerprint density at radius 3 is 2.95 bits per heavy atom. The Kier molecular flexibility index (Phi) is 4.98. The lowest BCUT2D eigenvalue weighted by Crippen LogP contribution is -2.30. The van der Waals surface area contributed by atoms with Gasteiger partial charge < -0.3 is 15.0 Å². The number of ether oxygens (including phenoxy) is 1. The van der Waals surface area contributed by atoms with Gasteiger partial charge in [-0.2, -0.15) is 0 Å². The molecule has 0 saturated carbocycles. The van der Waals surface area contributed by atoms with Gasteiger partial charge in [-0.05, 0) is 12.1 Å². The van der Waals surface area contributed by atoms with Crippen LogP contribution in [0.1, 0.15) is 6.42 Å². The highest BCUT2D eigenvalue weighted by Crippen LogP contribution is 2.24. The SMILES string of the molecule is COCCN1C[C@H](C(=O)Nc2ccccc2Cl)CC1=O. The molecule has 1 N–H and O–H groups in total. The molecule has 0 spiro atoms. The number of carbonyl (C=O) groups is 2. The van der Waals surface area contributed by atoms with Crippen LogP contribution < -0.4 is 5.32 Å². The summed E-state index contributed by atoms with van der Waals surface area (Å²) in [5.74, 6) is -0.525. The summed E-state index contributed by atoms with van der Waals surface area (Å²) in [5.41, 5.74) is 0.571. The van der Waals surface area contributed by atoms with Crippen LogP contribution in [-0.4, -0.2) is 43.5 Å². The van der Waals surface area contributed by atoms with E-state index < -0.39 is 0 Å². The van der Waals surface area contributed by atoms with Crippen molar-refractivity contribution in [2.75, 3.05) is 32.1 Å². The van der Waals surface area contributed by atoms with Crippen LogP contribution in [0.25, 0.3) is 0 Å². The number of amides is 2. The Morgan fingerprint density at radius 2 is 2.25 bits per heavy atom. The fourth-order valence-corrected chi connectivity index (χ4v) is 2.35. The molecular formula is C14H17ClN2O3. The second-order valence-corrected chi connectivity index (χ2v) is 5.11. The molecule has 0 aromatic heterocycles. The van der Waals surface area contributed by atoms with Gasteiger partial charge >= 0.3 is 0 Å². The van der Waals surface area contributed by atoms with Crippen molar-refractivity contribution in [2.24, 2.45) is 5.92 Å². The lowest BCUT2D eigenvalue weighted by molar-refractivity contribution is -0.128. The summed E-state index contributed by atoms with van der Waals surface area (Å²) < 4.78 is 4.95. The summed E-state index contributed by atoms with van der Waals surface area (Å²) in [4.78, 5) is 25.6. The predicted octanol–water partition coefficient (Wildman–Crippen LogP) is 1.77. The first-order valence-electron chi connectivity index (χ1n) is 6.44. The maximum atomic E-state index is 12.2. The number of likely N-dealkylation sites (tertiary alicyclic amines) is 1. The summed E-state index contributed by atoms with van der Waals surface area (Å²) in [5, 5.41) is 3.26. The Labute approximate surface area is 122 Å². The first kappa shape index (κ1) is 14.8. The Hall–Kier alpha value is -1.59. The number of hydrogen-bond donors (Lipinski definition) is 1. The minimum atomic E-state index is -0.337. The summed E-state index contributed by atoms with van der Waals surface area (Å²) in [6.45, 7) is 1.42. The van der Waals surface area contributed by atoms with E-state index >= 15 is 0 Å². The molecule has 2 rings (SSSR count). The van der Waals surface area contributed by atoms with Gasteiger partial charge in [-0.15, -0.1) is 0 Å². The van der Waals surface area contributed by atoms with Crippen LogP contribution in [0.2, 0.25) is 5.02 Å². The molecule has 0 bridgehead atoms. The first-order chi connectivity index (χ1) is 9.61. The molecule has 6 heteroatoms. The van der Waals surface area contributed by atoms with Gasteiger partial charge in [-0.3, -0.25) is 9.59 Å². The second-order valence-electron chi connectivity index (χ2n) is 4.70. The third-order valence-corrected chi connectivity index (χ3v) is 3.61.